The van der Waals surface area contributed by atoms with Crippen LogP contribution in [-0.2, 0) is 6.54 Å². The predicted octanol–water partition coefficient (Wildman–Crippen LogP) is -0.532. The van der Waals surface area contributed by atoms with E-state index in [-0.39, 0.29) is 63.7 Å². The molecule has 3 nitrogen and oxygen atoms in total. The maximum Gasteiger partial charge on any atom is 1.00 e. The Morgan fingerprint density at radius 3 is 2.52 bits per heavy atom. The van der Waals surface area contributed by atoms with Crippen molar-refractivity contribution in [2.24, 2.45) is 0 Å². The summed E-state index contributed by atoms with van der Waals surface area (Å²) in [4.78, 5) is 4.02. The summed E-state index contributed by atoms with van der Waals surface area (Å²) < 4.78 is 57.7. The molecule has 108 valence electrons. The molecule has 0 aliphatic carbocycles. The van der Waals surface area contributed by atoms with Crippen LogP contribution in [-0.4, -0.2) is 23.1 Å². The standard InChI is InChI=1S/C12H12BF4N2O.K/c1-9-18-4-5-19(9)6-7-20-10-2-3-11(12(14)8-10)13(15,16)17;/h2-5,8H,6-7H2,1H3;/q-1;+1. The van der Waals surface area contributed by atoms with Gasteiger partial charge in [0.2, 0.25) is 0 Å². The zero-order valence-electron chi connectivity index (χ0n) is 11.7. The SMILES string of the molecule is Cc1nccn1CCOc1ccc([B-](F)(F)F)c(F)c1.[K+]. The van der Waals surface area contributed by atoms with E-state index in [0.29, 0.717) is 12.6 Å². The van der Waals surface area contributed by atoms with E-state index in [1.165, 1.54) is 0 Å². The van der Waals surface area contributed by atoms with Gasteiger partial charge in [-0.05, 0) is 13.0 Å². The Morgan fingerprint density at radius 1 is 1.29 bits per heavy atom. The summed E-state index contributed by atoms with van der Waals surface area (Å²) >= 11 is 0. The summed E-state index contributed by atoms with van der Waals surface area (Å²) in [6.07, 6.45) is 3.39. The fraction of sp³-hybridized carbons (Fsp3) is 0.250. The minimum absolute atomic E-state index is 0. The van der Waals surface area contributed by atoms with Gasteiger partial charge in [0, 0.05) is 18.5 Å². The van der Waals surface area contributed by atoms with Crippen molar-refractivity contribution in [3.63, 3.8) is 0 Å². The molecule has 9 heteroatoms. The Bertz CT molecular complexity index is 603. The third-order valence-electron chi connectivity index (χ3n) is 2.85. The second kappa shape index (κ2) is 7.78. The van der Waals surface area contributed by atoms with Crippen molar-refractivity contribution in [2.75, 3.05) is 6.61 Å². The average molecular weight is 326 g/mol. The van der Waals surface area contributed by atoms with Crippen LogP contribution < -0.4 is 61.6 Å². The third kappa shape index (κ3) is 5.10. The molecule has 0 amide bonds. The van der Waals surface area contributed by atoms with Crippen LogP contribution in [0.3, 0.4) is 0 Å². The van der Waals surface area contributed by atoms with E-state index in [9.17, 15) is 17.3 Å². The van der Waals surface area contributed by atoms with Gasteiger partial charge in [0.25, 0.3) is 0 Å². The summed E-state index contributed by atoms with van der Waals surface area (Å²) in [5, 5.41) is 0. The van der Waals surface area contributed by atoms with Crippen LogP contribution in [0.2, 0.25) is 0 Å². The molecule has 0 fully saturated rings. The Hall–Kier alpha value is -0.349. The largest absolute Gasteiger partial charge is 1.00 e. The molecular weight excluding hydrogens is 314 g/mol. The minimum Gasteiger partial charge on any atom is -0.492 e. The summed E-state index contributed by atoms with van der Waals surface area (Å²) in [6, 6.07) is 2.58. The van der Waals surface area contributed by atoms with E-state index in [1.807, 2.05) is 11.5 Å². The smallest absolute Gasteiger partial charge is 0.492 e. The molecule has 0 aliphatic heterocycles. The fourth-order valence-electron chi connectivity index (χ4n) is 1.76. The van der Waals surface area contributed by atoms with Gasteiger partial charge in [0.15, 0.2) is 0 Å². The molecule has 0 atom stereocenters. The van der Waals surface area contributed by atoms with Crippen LogP contribution in [0, 0.1) is 12.7 Å². The molecule has 0 bridgehead atoms. The van der Waals surface area contributed by atoms with E-state index in [1.54, 1.807) is 12.4 Å². The van der Waals surface area contributed by atoms with Crippen molar-refractivity contribution < 1.29 is 73.5 Å². The molecule has 0 unspecified atom stereocenters. The van der Waals surface area contributed by atoms with Crippen LogP contribution in [0.4, 0.5) is 17.3 Å². The molecule has 1 aromatic heterocycles. The number of hydrogen-bond donors (Lipinski definition) is 0. The molecule has 21 heavy (non-hydrogen) atoms. The van der Waals surface area contributed by atoms with Gasteiger partial charge in [-0.1, -0.05) is 11.5 Å². The Labute approximate surface area is 162 Å². The molecule has 0 saturated heterocycles. The van der Waals surface area contributed by atoms with Crippen molar-refractivity contribution in [1.82, 2.24) is 9.55 Å². The topological polar surface area (TPSA) is 27.1 Å². The van der Waals surface area contributed by atoms with Crippen LogP contribution >= 0.6 is 0 Å². The first-order valence-corrected chi connectivity index (χ1v) is 5.98. The van der Waals surface area contributed by atoms with Crippen LogP contribution in [0.5, 0.6) is 5.75 Å². The number of benzene rings is 1. The van der Waals surface area contributed by atoms with Gasteiger partial charge in [0.1, 0.15) is 18.2 Å². The number of rotatable bonds is 5. The third-order valence-corrected chi connectivity index (χ3v) is 2.85. The maximum absolute atomic E-state index is 13.3. The number of imidazole rings is 1. The first kappa shape index (κ1) is 18.7. The van der Waals surface area contributed by atoms with E-state index in [2.05, 4.69) is 4.98 Å². The van der Waals surface area contributed by atoms with Gasteiger partial charge in [-0.3, -0.25) is 0 Å². The number of aromatic nitrogens is 2. The molecule has 0 N–H and O–H groups in total. The Morgan fingerprint density at radius 2 is 2.00 bits per heavy atom. The van der Waals surface area contributed by atoms with E-state index in [4.69, 9.17) is 4.74 Å². The first-order valence-electron chi connectivity index (χ1n) is 5.98. The number of aryl methyl sites for hydroxylation is 1. The maximum atomic E-state index is 13.3. The van der Waals surface area contributed by atoms with E-state index < -0.39 is 18.3 Å². The monoisotopic (exact) mass is 326 g/mol. The summed E-state index contributed by atoms with van der Waals surface area (Å²) in [5.41, 5.74) is -1.23. The summed E-state index contributed by atoms with van der Waals surface area (Å²) in [7, 11) is 0. The van der Waals surface area contributed by atoms with Crippen molar-refractivity contribution in [1.29, 1.82) is 0 Å². The number of ether oxygens (including phenoxy) is 1. The number of halogens is 4. The minimum atomic E-state index is -5.34. The summed E-state index contributed by atoms with van der Waals surface area (Å²) in [6.45, 7) is -2.82. The van der Waals surface area contributed by atoms with Gasteiger partial charge >= 0.3 is 58.4 Å². The molecule has 1 heterocycles. The van der Waals surface area contributed by atoms with Gasteiger partial charge in [-0.15, -0.1) is 0 Å². The molecule has 0 radical (unpaired) electrons. The van der Waals surface area contributed by atoms with Crippen molar-refractivity contribution in [2.45, 2.75) is 13.5 Å². The molecule has 1 aromatic carbocycles. The number of nitrogens with zero attached hydrogens (tertiary/aromatic N) is 2. The van der Waals surface area contributed by atoms with Crippen LogP contribution in [0.15, 0.2) is 30.6 Å². The fourth-order valence-corrected chi connectivity index (χ4v) is 1.76. The van der Waals surface area contributed by atoms with Gasteiger partial charge in [0.05, 0.1) is 12.4 Å². The van der Waals surface area contributed by atoms with Crippen LogP contribution in [0.1, 0.15) is 5.82 Å². The Balaban J connectivity index is 0.00000220. The zero-order chi connectivity index (χ0) is 14.8. The van der Waals surface area contributed by atoms with E-state index in [0.717, 1.165) is 18.0 Å². The normalized spacial score (nSPS) is 11.1. The van der Waals surface area contributed by atoms with Gasteiger partial charge in [-0.25, -0.2) is 9.37 Å². The Kier molecular flexibility index (Phi) is 6.92. The second-order valence-corrected chi connectivity index (χ2v) is 4.27. The first-order chi connectivity index (χ1) is 9.38. The number of hydrogen-bond acceptors (Lipinski definition) is 2. The molecule has 0 spiro atoms. The second-order valence-electron chi connectivity index (χ2n) is 4.27. The summed E-state index contributed by atoms with van der Waals surface area (Å²) in [5.74, 6) is -0.437. The van der Waals surface area contributed by atoms with Crippen molar-refractivity contribution in [3.8, 4) is 5.75 Å². The zero-order valence-corrected chi connectivity index (χ0v) is 14.8. The predicted molar refractivity (Wildman–Crippen MR) is 67.6 cm³/mol. The van der Waals surface area contributed by atoms with Gasteiger partial charge < -0.3 is 22.3 Å². The van der Waals surface area contributed by atoms with Crippen molar-refractivity contribution in [3.05, 3.63) is 42.2 Å². The van der Waals surface area contributed by atoms with Gasteiger partial charge in [-0.2, -0.15) is 0 Å². The van der Waals surface area contributed by atoms with E-state index >= 15 is 0 Å². The molecular formula is C12H12BF4KN2O. The van der Waals surface area contributed by atoms with Crippen LogP contribution in [0.25, 0.3) is 0 Å². The molecule has 2 aromatic rings. The average Bonchev–Trinajstić information content (AvgIpc) is 2.73. The molecule has 0 saturated carbocycles. The van der Waals surface area contributed by atoms with Crippen molar-refractivity contribution >= 4 is 12.4 Å². The molecule has 2 rings (SSSR count). The quantitative estimate of drug-likeness (QED) is 0.546. The molecule has 0 aliphatic rings.